The normalized spacial score (nSPS) is 10.6. The molecule has 0 aliphatic carbocycles. The van der Waals surface area contributed by atoms with Gasteiger partial charge in [-0.25, -0.2) is 9.48 Å². The highest BCUT2D eigenvalue weighted by atomic mass is 79.9. The van der Waals surface area contributed by atoms with Gasteiger partial charge in [-0.1, -0.05) is 34.1 Å². The second-order valence-electron chi connectivity index (χ2n) is 5.89. The highest BCUT2D eigenvalue weighted by molar-refractivity contribution is 9.08. The number of aromatic carboxylic acids is 1. The van der Waals surface area contributed by atoms with Crippen LogP contribution in [0.5, 0.6) is 5.75 Å². The summed E-state index contributed by atoms with van der Waals surface area (Å²) in [6.07, 6.45) is 0. The first-order valence-electron chi connectivity index (χ1n) is 8.15. The average Bonchev–Trinajstić information content (AvgIpc) is 2.69. The Balaban J connectivity index is 2.02. The molecule has 0 saturated heterocycles. The summed E-state index contributed by atoms with van der Waals surface area (Å²) in [5.74, 6) is -0.354. The lowest BCUT2D eigenvalue weighted by Crippen LogP contribution is -2.23. The number of carbonyl (C=O) groups is 1. The Labute approximate surface area is 164 Å². The summed E-state index contributed by atoms with van der Waals surface area (Å²) in [7, 11) is 1.58. The van der Waals surface area contributed by atoms with E-state index in [9.17, 15) is 9.59 Å². The number of hydrogen-bond acceptors (Lipinski definition) is 4. The summed E-state index contributed by atoms with van der Waals surface area (Å²) >= 11 is 3.44. The van der Waals surface area contributed by atoms with Gasteiger partial charge >= 0.3 is 5.97 Å². The van der Waals surface area contributed by atoms with Gasteiger partial charge in [-0.3, -0.25) is 4.79 Å². The Hall–Kier alpha value is -2.93. The Morgan fingerprint density at radius 2 is 1.96 bits per heavy atom. The van der Waals surface area contributed by atoms with Crippen LogP contribution in [0.2, 0.25) is 0 Å². The van der Waals surface area contributed by atoms with E-state index in [2.05, 4.69) is 21.0 Å². The number of halogens is 1. The van der Waals surface area contributed by atoms with Crippen molar-refractivity contribution >= 4 is 21.9 Å². The molecule has 0 aliphatic rings. The van der Waals surface area contributed by atoms with Gasteiger partial charge in [-0.15, -0.1) is 0 Å². The van der Waals surface area contributed by atoms with Crippen molar-refractivity contribution in [2.75, 3.05) is 7.11 Å². The smallest absolute Gasteiger partial charge is 0.335 e. The van der Waals surface area contributed by atoms with Crippen LogP contribution in [0.1, 0.15) is 21.5 Å². The van der Waals surface area contributed by atoms with Crippen LogP contribution in [0.3, 0.4) is 0 Å². The minimum Gasteiger partial charge on any atom is -0.496 e. The first kappa shape index (κ1) is 18.8. The van der Waals surface area contributed by atoms with Gasteiger partial charge in [0.1, 0.15) is 5.75 Å². The largest absolute Gasteiger partial charge is 0.496 e. The molecule has 1 N–H and O–H groups in total. The minimum atomic E-state index is -1.01. The lowest BCUT2D eigenvalue weighted by molar-refractivity contribution is 0.0696. The van der Waals surface area contributed by atoms with E-state index in [-0.39, 0.29) is 17.7 Å². The van der Waals surface area contributed by atoms with Crippen molar-refractivity contribution in [3.63, 3.8) is 0 Å². The molecule has 1 aromatic heterocycles. The van der Waals surface area contributed by atoms with Gasteiger partial charge < -0.3 is 9.84 Å². The number of nitrogens with zero attached hydrogens (tertiary/aromatic N) is 2. The van der Waals surface area contributed by atoms with Crippen LogP contribution in [0.4, 0.5) is 0 Å². The summed E-state index contributed by atoms with van der Waals surface area (Å²) in [5.41, 5.74) is 3.02. The zero-order valence-electron chi connectivity index (χ0n) is 14.6. The van der Waals surface area contributed by atoms with Crippen LogP contribution >= 0.6 is 15.9 Å². The molecule has 138 valence electrons. The lowest BCUT2D eigenvalue weighted by atomic mass is 10.1. The molecule has 0 saturated carbocycles. The van der Waals surface area contributed by atoms with Crippen molar-refractivity contribution in [3.05, 3.63) is 81.6 Å². The highest BCUT2D eigenvalue weighted by Crippen LogP contribution is 2.29. The molecule has 27 heavy (non-hydrogen) atoms. The van der Waals surface area contributed by atoms with Crippen LogP contribution in [0.15, 0.2) is 59.4 Å². The van der Waals surface area contributed by atoms with Crippen LogP contribution in [0, 0.1) is 0 Å². The monoisotopic (exact) mass is 428 g/mol. The van der Waals surface area contributed by atoms with Crippen molar-refractivity contribution in [2.24, 2.45) is 0 Å². The van der Waals surface area contributed by atoms with Crippen LogP contribution in [0.25, 0.3) is 11.3 Å². The summed E-state index contributed by atoms with van der Waals surface area (Å²) in [6.45, 7) is 0.175. The van der Waals surface area contributed by atoms with Crippen molar-refractivity contribution in [2.45, 2.75) is 11.9 Å². The maximum Gasteiger partial charge on any atom is 0.335 e. The first-order chi connectivity index (χ1) is 13.0. The number of carboxylic acid groups (broad SMARTS) is 1. The Kier molecular flexibility index (Phi) is 5.71. The fraction of sp³-hybridized carbons (Fsp3) is 0.150. The molecule has 7 heteroatoms. The molecule has 0 unspecified atom stereocenters. The quantitative estimate of drug-likeness (QED) is 0.606. The minimum absolute atomic E-state index is 0.170. The molecule has 0 spiro atoms. The summed E-state index contributed by atoms with van der Waals surface area (Å²) < 4.78 is 6.74. The SMILES string of the molecule is COc1ccc(CBr)cc1-c1ccc(=O)n(Cc2cccc(C(=O)O)c2)n1. The van der Waals surface area contributed by atoms with Gasteiger partial charge in [0, 0.05) is 17.0 Å². The number of benzene rings is 2. The van der Waals surface area contributed by atoms with Gasteiger partial charge in [-0.05, 0) is 41.5 Å². The average molecular weight is 429 g/mol. The van der Waals surface area contributed by atoms with E-state index in [1.807, 2.05) is 18.2 Å². The van der Waals surface area contributed by atoms with E-state index in [1.54, 1.807) is 25.3 Å². The molecule has 0 atom stereocenters. The second kappa shape index (κ2) is 8.18. The van der Waals surface area contributed by atoms with Gasteiger partial charge in [0.15, 0.2) is 0 Å². The van der Waals surface area contributed by atoms with Crippen molar-refractivity contribution in [1.82, 2.24) is 9.78 Å². The molecule has 3 rings (SSSR count). The number of aromatic nitrogens is 2. The molecule has 1 heterocycles. The van der Waals surface area contributed by atoms with Gasteiger partial charge in [0.2, 0.25) is 0 Å². The topological polar surface area (TPSA) is 81.4 Å². The molecule has 6 nitrogen and oxygen atoms in total. The van der Waals surface area contributed by atoms with Crippen molar-refractivity contribution < 1.29 is 14.6 Å². The fourth-order valence-corrected chi connectivity index (χ4v) is 3.07. The number of alkyl halides is 1. The summed E-state index contributed by atoms with van der Waals surface area (Å²) in [6, 6.07) is 15.3. The maximum atomic E-state index is 12.2. The van der Waals surface area contributed by atoms with Crippen molar-refractivity contribution in [1.29, 1.82) is 0 Å². The van der Waals surface area contributed by atoms with Gasteiger partial charge in [-0.2, -0.15) is 5.10 Å². The highest BCUT2D eigenvalue weighted by Gasteiger charge is 2.11. The third-order valence-corrected chi connectivity index (χ3v) is 4.71. The number of rotatable bonds is 6. The first-order valence-corrected chi connectivity index (χ1v) is 9.27. The van der Waals surface area contributed by atoms with Gasteiger partial charge in [0.05, 0.1) is 24.9 Å². The van der Waals surface area contributed by atoms with E-state index in [0.29, 0.717) is 22.3 Å². The fourth-order valence-electron chi connectivity index (χ4n) is 2.72. The number of hydrogen-bond donors (Lipinski definition) is 1. The molecular weight excluding hydrogens is 412 g/mol. The van der Waals surface area contributed by atoms with E-state index in [1.165, 1.54) is 22.9 Å². The van der Waals surface area contributed by atoms with Crippen LogP contribution in [-0.2, 0) is 11.9 Å². The Morgan fingerprint density at radius 3 is 2.67 bits per heavy atom. The van der Waals surface area contributed by atoms with Crippen molar-refractivity contribution in [3.8, 4) is 17.0 Å². The van der Waals surface area contributed by atoms with E-state index in [4.69, 9.17) is 9.84 Å². The number of methoxy groups -OCH3 is 1. The van der Waals surface area contributed by atoms with Crippen LogP contribution < -0.4 is 10.3 Å². The van der Waals surface area contributed by atoms with E-state index < -0.39 is 5.97 Å². The Morgan fingerprint density at radius 1 is 1.15 bits per heavy atom. The lowest BCUT2D eigenvalue weighted by Gasteiger charge is -2.12. The predicted octanol–water partition coefficient (Wildman–Crippen LogP) is 3.56. The van der Waals surface area contributed by atoms with E-state index >= 15 is 0 Å². The molecule has 0 amide bonds. The molecular formula is C20H17BrN2O4. The standard InChI is InChI=1S/C20H17BrN2O4/c1-27-18-7-5-13(11-21)10-16(18)17-6-8-19(24)23(22-17)12-14-3-2-4-15(9-14)20(25)26/h2-10H,11-12H2,1H3,(H,25,26). The summed E-state index contributed by atoms with van der Waals surface area (Å²) in [4.78, 5) is 23.4. The predicted molar refractivity (Wildman–Crippen MR) is 106 cm³/mol. The van der Waals surface area contributed by atoms with Gasteiger partial charge in [0.25, 0.3) is 5.56 Å². The zero-order chi connectivity index (χ0) is 19.4. The molecule has 0 aliphatic heterocycles. The van der Waals surface area contributed by atoms with E-state index in [0.717, 1.165) is 11.1 Å². The molecule has 0 fully saturated rings. The second-order valence-corrected chi connectivity index (χ2v) is 6.45. The van der Waals surface area contributed by atoms with Crippen LogP contribution in [-0.4, -0.2) is 28.0 Å². The third kappa shape index (κ3) is 4.25. The molecule has 0 bridgehead atoms. The third-order valence-electron chi connectivity index (χ3n) is 4.07. The molecule has 2 aromatic carbocycles. The summed E-state index contributed by atoms with van der Waals surface area (Å²) in [5, 5.41) is 14.3. The molecule has 0 radical (unpaired) electrons. The maximum absolute atomic E-state index is 12.2. The number of ether oxygens (including phenoxy) is 1. The Bertz CT molecular complexity index is 1050. The zero-order valence-corrected chi connectivity index (χ0v) is 16.1. The molecule has 3 aromatic rings. The number of carboxylic acids is 1.